The summed E-state index contributed by atoms with van der Waals surface area (Å²) in [6.45, 7) is 0. The fourth-order valence-corrected chi connectivity index (χ4v) is 1.39. The Hall–Kier alpha value is -1.25. The van der Waals surface area contributed by atoms with Gasteiger partial charge in [-0.2, -0.15) is 5.10 Å². The molecule has 0 radical (unpaired) electrons. The molecule has 66 valence electrons. The molecule has 2 heterocycles. The zero-order valence-electron chi connectivity index (χ0n) is 6.31. The Bertz CT molecular complexity index is 462. The highest BCUT2D eigenvalue weighted by Crippen LogP contribution is 2.06. The second-order valence-electron chi connectivity index (χ2n) is 2.21. The maximum Gasteiger partial charge on any atom is 0.266 e. The molecule has 7 heteroatoms. The number of H-pyrrole nitrogens is 1. The van der Waals surface area contributed by atoms with Crippen molar-refractivity contribution in [3.05, 3.63) is 32.9 Å². The molecule has 2 rings (SSSR count). The summed E-state index contributed by atoms with van der Waals surface area (Å²) in [6.07, 6.45) is 4.21. The van der Waals surface area contributed by atoms with E-state index in [0.717, 1.165) is 0 Å². The smallest absolute Gasteiger partial charge is 0.266 e. The zero-order valence-corrected chi connectivity index (χ0v) is 8.46. The minimum atomic E-state index is -0.180. The maximum absolute atomic E-state index is 11.2. The first-order valence-corrected chi connectivity index (χ1v) is 4.45. The summed E-state index contributed by atoms with van der Waals surface area (Å²) in [4.78, 5) is 21.4. The van der Waals surface area contributed by atoms with Crippen molar-refractivity contribution in [1.82, 2.24) is 24.7 Å². The van der Waals surface area contributed by atoms with Crippen LogP contribution in [0.3, 0.4) is 0 Å². The molecular weight excluding hydrogens is 285 g/mol. The SMILES string of the molecule is O=c1[nH]cnc(-n2cncn2)c1I. The third-order valence-electron chi connectivity index (χ3n) is 1.41. The Labute approximate surface area is 86.2 Å². The fourth-order valence-electron chi connectivity index (χ4n) is 0.851. The molecule has 0 saturated heterocycles. The van der Waals surface area contributed by atoms with E-state index in [2.05, 4.69) is 20.1 Å². The van der Waals surface area contributed by atoms with Crippen LogP contribution in [0.1, 0.15) is 0 Å². The van der Waals surface area contributed by atoms with E-state index >= 15 is 0 Å². The molecule has 2 aromatic heterocycles. The van der Waals surface area contributed by atoms with Crippen molar-refractivity contribution >= 4 is 22.6 Å². The van der Waals surface area contributed by atoms with Crippen molar-refractivity contribution in [1.29, 1.82) is 0 Å². The number of hydrogen-bond acceptors (Lipinski definition) is 4. The molecule has 0 unspecified atom stereocenters. The third kappa shape index (κ3) is 1.46. The molecule has 0 amide bonds. The summed E-state index contributed by atoms with van der Waals surface area (Å²) >= 11 is 1.91. The molecule has 1 N–H and O–H groups in total. The van der Waals surface area contributed by atoms with Gasteiger partial charge in [-0.1, -0.05) is 0 Å². The van der Waals surface area contributed by atoms with Crippen molar-refractivity contribution in [2.75, 3.05) is 0 Å². The maximum atomic E-state index is 11.2. The second-order valence-corrected chi connectivity index (χ2v) is 3.29. The summed E-state index contributed by atoms with van der Waals surface area (Å²) in [5.74, 6) is 0.488. The molecule has 13 heavy (non-hydrogen) atoms. The highest BCUT2D eigenvalue weighted by atomic mass is 127. The van der Waals surface area contributed by atoms with E-state index in [1.165, 1.54) is 23.7 Å². The molecule has 0 aliphatic carbocycles. The Balaban J connectivity index is 2.66. The van der Waals surface area contributed by atoms with Gasteiger partial charge in [-0.05, 0) is 22.6 Å². The van der Waals surface area contributed by atoms with Crippen LogP contribution in [-0.2, 0) is 0 Å². The first-order chi connectivity index (χ1) is 6.29. The summed E-state index contributed by atoms with van der Waals surface area (Å²) in [6, 6.07) is 0. The van der Waals surface area contributed by atoms with Crippen molar-refractivity contribution in [2.24, 2.45) is 0 Å². The molecule has 0 fully saturated rings. The minimum Gasteiger partial charge on any atom is -0.312 e. The lowest BCUT2D eigenvalue weighted by molar-refractivity contribution is 0.825. The Morgan fingerprint density at radius 3 is 3.08 bits per heavy atom. The molecule has 0 atom stereocenters. The summed E-state index contributed by atoms with van der Waals surface area (Å²) in [5, 5.41) is 3.87. The number of aromatic nitrogens is 5. The second kappa shape index (κ2) is 3.24. The van der Waals surface area contributed by atoms with Crippen LogP contribution in [0.5, 0.6) is 0 Å². The molecule has 0 saturated carbocycles. The van der Waals surface area contributed by atoms with Crippen molar-refractivity contribution in [3.63, 3.8) is 0 Å². The summed E-state index contributed by atoms with van der Waals surface area (Å²) in [5.41, 5.74) is -0.180. The van der Waals surface area contributed by atoms with E-state index in [9.17, 15) is 4.79 Å². The molecule has 2 aromatic rings. The van der Waals surface area contributed by atoms with Crippen LogP contribution in [0.4, 0.5) is 0 Å². The average Bonchev–Trinajstić information content (AvgIpc) is 2.62. The Morgan fingerprint density at radius 2 is 2.38 bits per heavy atom. The normalized spacial score (nSPS) is 10.2. The van der Waals surface area contributed by atoms with Gasteiger partial charge in [-0.25, -0.2) is 14.6 Å². The van der Waals surface area contributed by atoms with Gasteiger partial charge in [0.2, 0.25) is 0 Å². The van der Waals surface area contributed by atoms with Gasteiger partial charge in [0.25, 0.3) is 5.56 Å². The van der Waals surface area contributed by atoms with Crippen LogP contribution in [0.25, 0.3) is 5.82 Å². The van der Waals surface area contributed by atoms with Gasteiger partial charge < -0.3 is 4.98 Å². The fraction of sp³-hybridized carbons (Fsp3) is 0. The highest BCUT2D eigenvalue weighted by molar-refractivity contribution is 14.1. The van der Waals surface area contributed by atoms with Crippen molar-refractivity contribution in [3.8, 4) is 5.82 Å². The van der Waals surface area contributed by atoms with Gasteiger partial charge in [0.15, 0.2) is 5.82 Å². The monoisotopic (exact) mass is 289 g/mol. The van der Waals surface area contributed by atoms with Gasteiger partial charge in [-0.3, -0.25) is 4.79 Å². The van der Waals surface area contributed by atoms with Gasteiger partial charge in [0.05, 0.1) is 6.33 Å². The van der Waals surface area contributed by atoms with Gasteiger partial charge in [0.1, 0.15) is 16.2 Å². The van der Waals surface area contributed by atoms with E-state index in [0.29, 0.717) is 9.39 Å². The van der Waals surface area contributed by atoms with Gasteiger partial charge >= 0.3 is 0 Å². The van der Waals surface area contributed by atoms with Crippen molar-refractivity contribution in [2.45, 2.75) is 0 Å². The lowest BCUT2D eigenvalue weighted by Gasteiger charge is -1.99. The standard InChI is InChI=1S/C6H4IN5O/c7-4-5(9-2-10-6(4)13)12-3-8-1-11-12/h1-3H,(H,9,10,13). The molecular formula is C6H4IN5O. The van der Waals surface area contributed by atoms with Crippen LogP contribution in [0.2, 0.25) is 0 Å². The molecule has 0 aromatic carbocycles. The highest BCUT2D eigenvalue weighted by Gasteiger charge is 2.06. The quantitative estimate of drug-likeness (QED) is 0.747. The van der Waals surface area contributed by atoms with E-state index < -0.39 is 0 Å². The van der Waals surface area contributed by atoms with Gasteiger partial charge in [-0.15, -0.1) is 0 Å². The van der Waals surface area contributed by atoms with Crippen LogP contribution in [0, 0.1) is 3.57 Å². The van der Waals surface area contributed by atoms with Crippen LogP contribution < -0.4 is 5.56 Å². The van der Waals surface area contributed by atoms with Crippen LogP contribution in [0.15, 0.2) is 23.8 Å². The number of halogens is 1. The first kappa shape index (κ1) is 8.35. The Kier molecular flexibility index (Phi) is 2.08. The van der Waals surface area contributed by atoms with E-state index in [-0.39, 0.29) is 5.56 Å². The first-order valence-electron chi connectivity index (χ1n) is 3.37. The number of nitrogens with zero attached hydrogens (tertiary/aromatic N) is 4. The molecule has 0 spiro atoms. The third-order valence-corrected chi connectivity index (χ3v) is 2.39. The predicted octanol–water partition coefficient (Wildman–Crippen LogP) is -0.0448. The largest absolute Gasteiger partial charge is 0.312 e. The topological polar surface area (TPSA) is 76.5 Å². The van der Waals surface area contributed by atoms with Crippen LogP contribution >= 0.6 is 22.6 Å². The molecule has 0 aliphatic heterocycles. The lowest BCUT2D eigenvalue weighted by atomic mass is 10.6. The Morgan fingerprint density at radius 1 is 1.54 bits per heavy atom. The van der Waals surface area contributed by atoms with E-state index in [4.69, 9.17) is 0 Å². The molecule has 0 aliphatic rings. The molecule has 6 nitrogen and oxygen atoms in total. The summed E-state index contributed by atoms with van der Waals surface area (Å²) in [7, 11) is 0. The summed E-state index contributed by atoms with van der Waals surface area (Å²) < 4.78 is 1.93. The number of aromatic amines is 1. The average molecular weight is 289 g/mol. The molecule has 0 bridgehead atoms. The van der Waals surface area contributed by atoms with E-state index in [1.807, 2.05) is 22.6 Å². The lowest BCUT2D eigenvalue weighted by Crippen LogP contribution is -2.15. The van der Waals surface area contributed by atoms with Crippen molar-refractivity contribution < 1.29 is 0 Å². The minimum absolute atomic E-state index is 0.180. The number of nitrogens with one attached hydrogen (secondary N) is 1. The zero-order chi connectivity index (χ0) is 9.26. The van der Waals surface area contributed by atoms with E-state index in [1.54, 1.807) is 0 Å². The number of hydrogen-bond donors (Lipinski definition) is 1. The van der Waals surface area contributed by atoms with Gasteiger partial charge in [0, 0.05) is 0 Å². The van der Waals surface area contributed by atoms with Crippen LogP contribution in [-0.4, -0.2) is 24.7 Å². The number of rotatable bonds is 1. The predicted molar refractivity (Wildman–Crippen MR) is 52.5 cm³/mol.